The first-order valence-corrected chi connectivity index (χ1v) is 4.17. The van der Waals surface area contributed by atoms with Crippen LogP contribution in [0.15, 0.2) is 30.3 Å². The van der Waals surface area contributed by atoms with E-state index >= 15 is 0 Å². The molecule has 0 bridgehead atoms. The van der Waals surface area contributed by atoms with Gasteiger partial charge in [-0.25, -0.2) is 10.5 Å². The van der Waals surface area contributed by atoms with Crippen LogP contribution in [0.1, 0.15) is 5.56 Å². The van der Waals surface area contributed by atoms with Gasteiger partial charge in [0.05, 0.1) is 6.54 Å². The maximum Gasteiger partial charge on any atom is 0.257 e. The van der Waals surface area contributed by atoms with Gasteiger partial charge < -0.3 is 0 Å². The summed E-state index contributed by atoms with van der Waals surface area (Å²) in [7, 11) is 0. The molecule has 1 aromatic heterocycles. The quantitative estimate of drug-likeness (QED) is 0.526. The Bertz CT molecular complexity index is 395. The molecule has 0 saturated heterocycles. The van der Waals surface area contributed by atoms with Gasteiger partial charge in [-0.3, -0.25) is 5.43 Å². The van der Waals surface area contributed by atoms with Crippen molar-refractivity contribution in [2.45, 2.75) is 6.54 Å². The number of aromatic nitrogens is 4. The van der Waals surface area contributed by atoms with Crippen LogP contribution in [0.4, 0.5) is 5.95 Å². The van der Waals surface area contributed by atoms with Gasteiger partial charge in [-0.2, -0.15) is 0 Å². The Balaban J connectivity index is 2.19. The highest BCUT2D eigenvalue weighted by atomic mass is 15.6. The number of nitrogens with zero attached hydrogens (tertiary/aromatic N) is 4. The molecule has 6 heteroatoms. The highest BCUT2D eigenvalue weighted by Gasteiger charge is 2.03. The number of benzene rings is 1. The molecule has 2 rings (SSSR count). The number of tetrazole rings is 1. The van der Waals surface area contributed by atoms with Gasteiger partial charge in [-0.05, 0) is 16.0 Å². The second-order valence-electron chi connectivity index (χ2n) is 2.79. The molecule has 0 radical (unpaired) electrons. The lowest BCUT2D eigenvalue weighted by Crippen LogP contribution is -2.14. The van der Waals surface area contributed by atoms with E-state index in [4.69, 9.17) is 5.84 Å². The van der Waals surface area contributed by atoms with Gasteiger partial charge in [0, 0.05) is 0 Å². The summed E-state index contributed by atoms with van der Waals surface area (Å²) in [6.45, 7) is 0.605. The topological polar surface area (TPSA) is 81.7 Å². The number of rotatable bonds is 3. The summed E-state index contributed by atoms with van der Waals surface area (Å²) < 4.78 is 1.59. The van der Waals surface area contributed by atoms with Crippen molar-refractivity contribution in [3.05, 3.63) is 35.9 Å². The Morgan fingerprint density at radius 3 is 2.79 bits per heavy atom. The van der Waals surface area contributed by atoms with Crippen LogP contribution < -0.4 is 11.3 Å². The van der Waals surface area contributed by atoms with E-state index in [1.54, 1.807) is 4.68 Å². The molecule has 72 valence electrons. The summed E-state index contributed by atoms with van der Waals surface area (Å²) >= 11 is 0. The van der Waals surface area contributed by atoms with Gasteiger partial charge in [0.2, 0.25) is 0 Å². The van der Waals surface area contributed by atoms with E-state index in [0.717, 1.165) is 5.56 Å². The number of hydrogen-bond donors (Lipinski definition) is 2. The monoisotopic (exact) mass is 190 g/mol. The molecule has 1 heterocycles. The maximum atomic E-state index is 5.24. The molecule has 1 aromatic carbocycles. The molecule has 0 aliphatic heterocycles. The van der Waals surface area contributed by atoms with Crippen molar-refractivity contribution in [1.29, 1.82) is 0 Å². The molecule has 0 aliphatic rings. The van der Waals surface area contributed by atoms with Crippen LogP contribution in [0.3, 0.4) is 0 Å². The van der Waals surface area contributed by atoms with Gasteiger partial charge in [0.15, 0.2) is 0 Å². The molecule has 0 amide bonds. The third kappa shape index (κ3) is 1.69. The first-order chi connectivity index (χ1) is 6.90. The van der Waals surface area contributed by atoms with Crippen molar-refractivity contribution < 1.29 is 0 Å². The number of nitrogens with two attached hydrogens (primary N) is 1. The van der Waals surface area contributed by atoms with Crippen molar-refractivity contribution >= 4 is 5.95 Å². The first kappa shape index (κ1) is 8.64. The van der Waals surface area contributed by atoms with Crippen molar-refractivity contribution in [3.8, 4) is 0 Å². The van der Waals surface area contributed by atoms with Crippen molar-refractivity contribution in [2.24, 2.45) is 5.84 Å². The molecule has 3 N–H and O–H groups in total. The van der Waals surface area contributed by atoms with Gasteiger partial charge in [0.25, 0.3) is 5.95 Å². The van der Waals surface area contributed by atoms with E-state index in [-0.39, 0.29) is 0 Å². The number of anilines is 1. The van der Waals surface area contributed by atoms with Crippen molar-refractivity contribution in [1.82, 2.24) is 20.2 Å². The van der Waals surface area contributed by atoms with E-state index in [2.05, 4.69) is 21.0 Å². The van der Waals surface area contributed by atoms with Gasteiger partial charge >= 0.3 is 0 Å². The Morgan fingerprint density at radius 2 is 2.07 bits per heavy atom. The Kier molecular flexibility index (Phi) is 2.37. The lowest BCUT2D eigenvalue weighted by Gasteiger charge is -2.02. The molecule has 0 spiro atoms. The second-order valence-corrected chi connectivity index (χ2v) is 2.79. The van der Waals surface area contributed by atoms with Crippen LogP contribution in [0.25, 0.3) is 0 Å². The Morgan fingerprint density at radius 1 is 1.29 bits per heavy atom. The lowest BCUT2D eigenvalue weighted by atomic mass is 10.2. The van der Waals surface area contributed by atoms with Crippen LogP contribution in [0.5, 0.6) is 0 Å². The minimum Gasteiger partial charge on any atom is -0.291 e. The predicted octanol–water partition coefficient (Wildman–Crippen LogP) is 0.00700. The lowest BCUT2D eigenvalue weighted by molar-refractivity contribution is 0.652. The van der Waals surface area contributed by atoms with E-state index in [1.807, 2.05) is 30.3 Å². The molecular weight excluding hydrogens is 180 g/mol. The third-order valence-corrected chi connectivity index (χ3v) is 1.84. The molecular formula is C8H10N6. The van der Waals surface area contributed by atoms with Gasteiger partial charge in [-0.15, -0.1) is 0 Å². The minimum absolute atomic E-state index is 0.453. The fourth-order valence-corrected chi connectivity index (χ4v) is 1.17. The fraction of sp³-hybridized carbons (Fsp3) is 0.125. The third-order valence-electron chi connectivity index (χ3n) is 1.84. The summed E-state index contributed by atoms with van der Waals surface area (Å²) in [5.74, 6) is 5.69. The van der Waals surface area contributed by atoms with E-state index in [9.17, 15) is 0 Å². The molecule has 2 aromatic rings. The predicted molar refractivity (Wildman–Crippen MR) is 51.2 cm³/mol. The summed E-state index contributed by atoms with van der Waals surface area (Å²) in [5.41, 5.74) is 3.54. The summed E-state index contributed by atoms with van der Waals surface area (Å²) in [5, 5.41) is 11.0. The zero-order valence-electron chi connectivity index (χ0n) is 7.46. The molecule has 0 saturated carbocycles. The number of nitrogens with one attached hydrogen (secondary N) is 1. The maximum absolute atomic E-state index is 5.24. The minimum atomic E-state index is 0.453. The Labute approximate surface area is 80.7 Å². The molecule has 0 atom stereocenters. The molecule has 0 unspecified atom stereocenters. The first-order valence-electron chi connectivity index (χ1n) is 4.17. The number of hydrogen-bond acceptors (Lipinski definition) is 5. The van der Waals surface area contributed by atoms with Gasteiger partial charge in [-0.1, -0.05) is 35.4 Å². The SMILES string of the molecule is NNc1nnnn1Cc1ccccc1. The number of nitrogen functional groups attached to an aromatic ring is 1. The van der Waals surface area contributed by atoms with Crippen molar-refractivity contribution in [3.63, 3.8) is 0 Å². The molecule has 0 aliphatic carbocycles. The van der Waals surface area contributed by atoms with Crippen LogP contribution in [0.2, 0.25) is 0 Å². The van der Waals surface area contributed by atoms with Crippen molar-refractivity contribution in [2.75, 3.05) is 5.43 Å². The molecule has 0 fully saturated rings. The zero-order valence-corrected chi connectivity index (χ0v) is 7.46. The molecule has 6 nitrogen and oxygen atoms in total. The Hall–Kier alpha value is -1.95. The average molecular weight is 190 g/mol. The van der Waals surface area contributed by atoms with E-state index < -0.39 is 0 Å². The fourth-order valence-electron chi connectivity index (χ4n) is 1.17. The smallest absolute Gasteiger partial charge is 0.257 e. The van der Waals surface area contributed by atoms with Gasteiger partial charge in [0.1, 0.15) is 0 Å². The number of hydrazine groups is 1. The average Bonchev–Trinajstić information content (AvgIpc) is 2.67. The second kappa shape index (κ2) is 3.84. The normalized spacial score (nSPS) is 10.1. The summed E-state index contributed by atoms with van der Waals surface area (Å²) in [6, 6.07) is 9.90. The van der Waals surface area contributed by atoms with E-state index in [1.165, 1.54) is 0 Å². The van der Waals surface area contributed by atoms with Crippen LogP contribution in [-0.2, 0) is 6.54 Å². The largest absolute Gasteiger partial charge is 0.291 e. The van der Waals surface area contributed by atoms with Crippen LogP contribution in [-0.4, -0.2) is 20.2 Å². The van der Waals surface area contributed by atoms with E-state index in [0.29, 0.717) is 12.5 Å². The standard InChI is InChI=1S/C8H10N6/c9-10-8-11-12-13-14(8)6-7-4-2-1-3-5-7/h1-5H,6,9H2,(H,10,11,13). The summed E-state index contributed by atoms with van der Waals surface area (Å²) in [6.07, 6.45) is 0. The summed E-state index contributed by atoms with van der Waals surface area (Å²) in [4.78, 5) is 0. The zero-order chi connectivity index (χ0) is 9.80. The molecule has 14 heavy (non-hydrogen) atoms. The highest BCUT2D eigenvalue weighted by Crippen LogP contribution is 2.04. The highest BCUT2D eigenvalue weighted by molar-refractivity contribution is 5.21. The van der Waals surface area contributed by atoms with Crippen LogP contribution >= 0.6 is 0 Å². The van der Waals surface area contributed by atoms with Crippen LogP contribution in [0, 0.1) is 0 Å².